The first-order chi connectivity index (χ1) is 9.52. The van der Waals surface area contributed by atoms with Crippen LogP contribution < -0.4 is 10.6 Å². The fourth-order valence-electron chi connectivity index (χ4n) is 3.03. The van der Waals surface area contributed by atoms with E-state index in [0.29, 0.717) is 6.04 Å². The van der Waals surface area contributed by atoms with Crippen molar-refractivity contribution >= 4 is 18.3 Å². The molecule has 1 aromatic rings. The van der Waals surface area contributed by atoms with Gasteiger partial charge in [0.25, 0.3) is 0 Å². The maximum Gasteiger partial charge on any atom is 0.223 e. The summed E-state index contributed by atoms with van der Waals surface area (Å²) >= 11 is 0. The molecule has 120 valence electrons. The first-order valence-electron chi connectivity index (χ1n) is 7.49. The van der Waals surface area contributed by atoms with Crippen molar-refractivity contribution in [2.45, 2.75) is 59.0 Å². The molecule has 0 spiro atoms. The van der Waals surface area contributed by atoms with Gasteiger partial charge in [0.15, 0.2) is 0 Å². The van der Waals surface area contributed by atoms with Crippen LogP contribution in [0.3, 0.4) is 0 Å². The number of hydrogen-bond acceptors (Lipinski definition) is 4. The number of amides is 1. The van der Waals surface area contributed by atoms with Gasteiger partial charge in [0.05, 0.1) is 11.7 Å². The molecule has 2 N–H and O–H groups in total. The third kappa shape index (κ3) is 4.20. The Morgan fingerprint density at radius 1 is 1.52 bits per heavy atom. The molecule has 1 amide bonds. The van der Waals surface area contributed by atoms with E-state index in [1.54, 1.807) is 0 Å². The van der Waals surface area contributed by atoms with Crippen molar-refractivity contribution in [3.8, 4) is 0 Å². The van der Waals surface area contributed by atoms with Crippen LogP contribution in [-0.2, 0) is 4.79 Å². The molecule has 1 aliphatic heterocycles. The van der Waals surface area contributed by atoms with E-state index in [4.69, 9.17) is 4.52 Å². The van der Waals surface area contributed by atoms with Crippen LogP contribution in [0.4, 0.5) is 0 Å². The smallest absolute Gasteiger partial charge is 0.223 e. The Bertz CT molecular complexity index is 456. The number of aromatic nitrogens is 1. The molecule has 0 radical (unpaired) electrons. The van der Waals surface area contributed by atoms with Crippen LogP contribution in [0.15, 0.2) is 4.52 Å². The maximum atomic E-state index is 12.4. The van der Waals surface area contributed by atoms with Gasteiger partial charge < -0.3 is 15.2 Å². The van der Waals surface area contributed by atoms with E-state index in [2.05, 4.69) is 29.6 Å². The lowest BCUT2D eigenvalue weighted by Crippen LogP contribution is -2.43. The molecule has 1 unspecified atom stereocenters. The van der Waals surface area contributed by atoms with Crippen LogP contribution in [0.5, 0.6) is 0 Å². The number of hydrogen-bond donors (Lipinski definition) is 2. The van der Waals surface area contributed by atoms with Crippen molar-refractivity contribution in [1.82, 2.24) is 15.8 Å². The first kappa shape index (κ1) is 18.0. The van der Waals surface area contributed by atoms with Gasteiger partial charge in [-0.1, -0.05) is 12.1 Å². The Morgan fingerprint density at radius 2 is 2.24 bits per heavy atom. The van der Waals surface area contributed by atoms with Gasteiger partial charge in [-0.25, -0.2) is 0 Å². The van der Waals surface area contributed by atoms with E-state index in [1.807, 2.05) is 13.8 Å². The molecule has 1 saturated heterocycles. The summed E-state index contributed by atoms with van der Waals surface area (Å²) in [6.07, 6.45) is 2.66. The standard InChI is InChI=1S/C15H25N3O2.ClH/c1-5-13(14-10(3)18-20-11(14)4)17-15(19)12-6-7-16-9(2)8-12;/h9,12-13,16H,5-8H2,1-4H3,(H,17,19);1H/t9-,12-,13?;/m0./s1. The van der Waals surface area contributed by atoms with E-state index >= 15 is 0 Å². The normalized spacial score (nSPS) is 23.2. The average molecular weight is 316 g/mol. The molecule has 21 heavy (non-hydrogen) atoms. The SMILES string of the molecule is CCC(NC(=O)[C@H]1CCN[C@@H](C)C1)c1c(C)noc1C.Cl. The molecule has 1 fully saturated rings. The molecule has 2 rings (SSSR count). The second kappa shape index (κ2) is 7.80. The van der Waals surface area contributed by atoms with E-state index < -0.39 is 0 Å². The molecule has 1 aromatic heterocycles. The summed E-state index contributed by atoms with van der Waals surface area (Å²) in [6.45, 7) is 8.94. The van der Waals surface area contributed by atoms with Crippen molar-refractivity contribution < 1.29 is 9.32 Å². The lowest BCUT2D eigenvalue weighted by molar-refractivity contribution is -0.126. The number of piperidine rings is 1. The van der Waals surface area contributed by atoms with Crippen LogP contribution >= 0.6 is 12.4 Å². The topological polar surface area (TPSA) is 67.2 Å². The minimum Gasteiger partial charge on any atom is -0.361 e. The molecule has 2 heterocycles. The predicted molar refractivity (Wildman–Crippen MR) is 84.6 cm³/mol. The van der Waals surface area contributed by atoms with Crippen LogP contribution in [-0.4, -0.2) is 23.7 Å². The number of aryl methyl sites for hydroxylation is 2. The number of rotatable bonds is 4. The Hall–Kier alpha value is -1.07. The summed E-state index contributed by atoms with van der Waals surface area (Å²) in [5, 5.41) is 10.5. The lowest BCUT2D eigenvalue weighted by atomic mass is 9.91. The Kier molecular flexibility index (Phi) is 6.68. The van der Waals surface area contributed by atoms with Crippen LogP contribution in [0.2, 0.25) is 0 Å². The van der Waals surface area contributed by atoms with Gasteiger partial charge in [0, 0.05) is 17.5 Å². The third-order valence-electron chi connectivity index (χ3n) is 4.16. The zero-order valence-corrected chi connectivity index (χ0v) is 14.0. The summed E-state index contributed by atoms with van der Waals surface area (Å²) in [7, 11) is 0. The minimum atomic E-state index is -0.000980. The van der Waals surface area contributed by atoms with Gasteiger partial charge >= 0.3 is 0 Å². The maximum absolute atomic E-state index is 12.4. The van der Waals surface area contributed by atoms with Gasteiger partial charge in [0.1, 0.15) is 5.76 Å². The molecule has 5 nitrogen and oxygen atoms in total. The molecule has 0 bridgehead atoms. The number of carbonyl (C=O) groups excluding carboxylic acids is 1. The van der Waals surface area contributed by atoms with Gasteiger partial charge in [-0.15, -0.1) is 12.4 Å². The summed E-state index contributed by atoms with van der Waals surface area (Å²) in [5.74, 6) is 1.07. The Balaban J connectivity index is 0.00000220. The predicted octanol–water partition coefficient (Wildman–Crippen LogP) is 2.67. The zero-order valence-electron chi connectivity index (χ0n) is 13.2. The monoisotopic (exact) mass is 315 g/mol. The average Bonchev–Trinajstić information content (AvgIpc) is 2.75. The van der Waals surface area contributed by atoms with E-state index in [1.165, 1.54) is 0 Å². The fourth-order valence-corrected chi connectivity index (χ4v) is 3.03. The van der Waals surface area contributed by atoms with Crippen molar-refractivity contribution in [3.63, 3.8) is 0 Å². The second-order valence-electron chi connectivity index (χ2n) is 5.78. The Morgan fingerprint density at radius 3 is 2.76 bits per heavy atom. The van der Waals surface area contributed by atoms with Crippen molar-refractivity contribution in [2.75, 3.05) is 6.54 Å². The second-order valence-corrected chi connectivity index (χ2v) is 5.78. The first-order valence-corrected chi connectivity index (χ1v) is 7.49. The zero-order chi connectivity index (χ0) is 14.7. The molecule has 0 aromatic carbocycles. The van der Waals surface area contributed by atoms with Crippen LogP contribution in [0, 0.1) is 19.8 Å². The summed E-state index contributed by atoms with van der Waals surface area (Å²) in [4.78, 5) is 12.4. The van der Waals surface area contributed by atoms with E-state index in [-0.39, 0.29) is 30.3 Å². The molecule has 3 atom stereocenters. The van der Waals surface area contributed by atoms with Crippen molar-refractivity contribution in [1.29, 1.82) is 0 Å². The highest BCUT2D eigenvalue weighted by Gasteiger charge is 2.28. The summed E-state index contributed by atoms with van der Waals surface area (Å²) in [6, 6.07) is 0.414. The quantitative estimate of drug-likeness (QED) is 0.896. The number of nitrogens with one attached hydrogen (secondary N) is 2. The third-order valence-corrected chi connectivity index (χ3v) is 4.16. The molecular formula is C15H26ClN3O2. The number of halogens is 1. The Labute approximate surface area is 132 Å². The number of nitrogens with zero attached hydrogens (tertiary/aromatic N) is 1. The van der Waals surface area contributed by atoms with Gasteiger partial charge in [0.2, 0.25) is 5.91 Å². The van der Waals surface area contributed by atoms with Crippen LogP contribution in [0.1, 0.15) is 56.2 Å². The van der Waals surface area contributed by atoms with Crippen molar-refractivity contribution in [3.05, 3.63) is 17.0 Å². The highest BCUT2D eigenvalue weighted by atomic mass is 35.5. The van der Waals surface area contributed by atoms with E-state index in [9.17, 15) is 4.79 Å². The largest absolute Gasteiger partial charge is 0.361 e. The molecule has 1 aliphatic rings. The summed E-state index contributed by atoms with van der Waals surface area (Å²) in [5.41, 5.74) is 1.90. The molecule has 0 aliphatic carbocycles. The summed E-state index contributed by atoms with van der Waals surface area (Å²) < 4.78 is 5.21. The fraction of sp³-hybridized carbons (Fsp3) is 0.733. The minimum absolute atomic E-state index is 0. The molecule has 0 saturated carbocycles. The van der Waals surface area contributed by atoms with Gasteiger partial charge in [-0.05, 0) is 46.6 Å². The van der Waals surface area contributed by atoms with Crippen LogP contribution in [0.25, 0.3) is 0 Å². The van der Waals surface area contributed by atoms with Crippen molar-refractivity contribution in [2.24, 2.45) is 5.92 Å². The van der Waals surface area contributed by atoms with Gasteiger partial charge in [-0.3, -0.25) is 4.79 Å². The number of carbonyl (C=O) groups is 1. The van der Waals surface area contributed by atoms with E-state index in [0.717, 1.165) is 42.8 Å². The molecular weight excluding hydrogens is 290 g/mol. The lowest BCUT2D eigenvalue weighted by Gasteiger charge is -2.28. The van der Waals surface area contributed by atoms with Gasteiger partial charge in [-0.2, -0.15) is 0 Å². The molecule has 6 heteroatoms. The highest BCUT2D eigenvalue weighted by Crippen LogP contribution is 2.25. The highest BCUT2D eigenvalue weighted by molar-refractivity contribution is 5.85.